The summed E-state index contributed by atoms with van der Waals surface area (Å²) in [6.07, 6.45) is 6.24. The molecule has 1 aliphatic heterocycles. The fourth-order valence-corrected chi connectivity index (χ4v) is 4.18. The van der Waals surface area contributed by atoms with Gasteiger partial charge in [-0.15, -0.1) is 0 Å². The standard InChI is InChI=1S/C18H24N2O3/c21-17(20-23-16-7-3-4-10-22-16)19-12-14-11-18(14)9-8-13-5-1-2-6-15(13)18/h1-2,5-6,14,16H,3-4,7-12H2,(H2,19,20,21)/t14-,16+,18+/m0/s1. The van der Waals surface area contributed by atoms with Gasteiger partial charge in [-0.05, 0) is 49.1 Å². The molecule has 0 aromatic heterocycles. The Kier molecular flexibility index (Phi) is 3.99. The molecule has 3 aliphatic rings. The molecule has 1 heterocycles. The number of carbonyl (C=O) groups is 1. The summed E-state index contributed by atoms with van der Waals surface area (Å²) in [4.78, 5) is 17.2. The first-order valence-corrected chi connectivity index (χ1v) is 8.67. The van der Waals surface area contributed by atoms with Gasteiger partial charge in [0.05, 0.1) is 0 Å². The first-order valence-electron chi connectivity index (χ1n) is 8.67. The highest BCUT2D eigenvalue weighted by molar-refractivity contribution is 5.72. The van der Waals surface area contributed by atoms with Crippen molar-refractivity contribution in [3.8, 4) is 0 Å². The van der Waals surface area contributed by atoms with E-state index in [9.17, 15) is 4.79 Å². The second-order valence-electron chi connectivity index (χ2n) is 6.94. The van der Waals surface area contributed by atoms with Crippen LogP contribution in [0, 0.1) is 5.92 Å². The molecule has 2 aliphatic carbocycles. The Bertz CT molecular complexity index is 585. The predicted molar refractivity (Wildman–Crippen MR) is 85.8 cm³/mol. The number of hydrogen-bond donors (Lipinski definition) is 2. The topological polar surface area (TPSA) is 59.6 Å². The van der Waals surface area contributed by atoms with Crippen molar-refractivity contribution in [2.45, 2.75) is 50.2 Å². The van der Waals surface area contributed by atoms with Gasteiger partial charge in [0.25, 0.3) is 0 Å². The fourth-order valence-electron chi connectivity index (χ4n) is 4.18. The van der Waals surface area contributed by atoms with Crippen LogP contribution in [-0.4, -0.2) is 25.5 Å². The Morgan fingerprint density at radius 2 is 2.26 bits per heavy atom. The lowest BCUT2D eigenvalue weighted by molar-refractivity contribution is -0.186. The number of amides is 2. The van der Waals surface area contributed by atoms with Crippen LogP contribution in [0.2, 0.25) is 0 Å². The van der Waals surface area contributed by atoms with E-state index in [1.807, 2.05) is 0 Å². The molecule has 0 unspecified atom stereocenters. The first kappa shape index (κ1) is 15.0. The van der Waals surface area contributed by atoms with Crippen molar-refractivity contribution in [1.29, 1.82) is 0 Å². The molecule has 3 atom stereocenters. The van der Waals surface area contributed by atoms with Gasteiger partial charge in [-0.2, -0.15) is 0 Å². The summed E-state index contributed by atoms with van der Waals surface area (Å²) in [6.45, 7) is 1.41. The van der Waals surface area contributed by atoms with Gasteiger partial charge in [-0.1, -0.05) is 24.3 Å². The summed E-state index contributed by atoms with van der Waals surface area (Å²) >= 11 is 0. The van der Waals surface area contributed by atoms with Gasteiger partial charge < -0.3 is 10.1 Å². The molecule has 2 fully saturated rings. The average molecular weight is 316 g/mol. The van der Waals surface area contributed by atoms with E-state index >= 15 is 0 Å². The molecule has 2 amide bonds. The SMILES string of the molecule is O=C(NC[C@@H]1C[C@]12CCc1ccccc12)NO[C@@H]1CCCCO1. The van der Waals surface area contributed by atoms with Crippen molar-refractivity contribution in [3.05, 3.63) is 35.4 Å². The van der Waals surface area contributed by atoms with Crippen LogP contribution in [0.15, 0.2) is 24.3 Å². The van der Waals surface area contributed by atoms with Gasteiger partial charge in [0.1, 0.15) is 0 Å². The number of nitrogens with one attached hydrogen (secondary N) is 2. The summed E-state index contributed by atoms with van der Waals surface area (Å²) in [6, 6.07) is 8.46. The minimum absolute atomic E-state index is 0.271. The summed E-state index contributed by atoms with van der Waals surface area (Å²) in [5.74, 6) is 0.544. The molecule has 124 valence electrons. The van der Waals surface area contributed by atoms with Gasteiger partial charge in [0, 0.05) is 25.0 Å². The monoisotopic (exact) mass is 316 g/mol. The average Bonchev–Trinajstić information content (AvgIpc) is 3.19. The van der Waals surface area contributed by atoms with Crippen molar-refractivity contribution in [3.63, 3.8) is 0 Å². The summed E-state index contributed by atoms with van der Waals surface area (Å²) in [5.41, 5.74) is 5.76. The van der Waals surface area contributed by atoms with Gasteiger partial charge in [-0.25, -0.2) is 15.1 Å². The third-order valence-corrected chi connectivity index (χ3v) is 5.56. The Balaban J connectivity index is 1.23. The zero-order valence-electron chi connectivity index (χ0n) is 13.3. The second kappa shape index (κ2) is 6.13. The van der Waals surface area contributed by atoms with E-state index in [1.54, 1.807) is 0 Å². The number of hydrogen-bond acceptors (Lipinski definition) is 3. The van der Waals surface area contributed by atoms with Crippen molar-refractivity contribution < 1.29 is 14.4 Å². The number of ether oxygens (including phenoxy) is 1. The molecule has 1 saturated carbocycles. The maximum Gasteiger partial charge on any atom is 0.338 e. The lowest BCUT2D eigenvalue weighted by Crippen LogP contribution is -2.40. The molecule has 5 heteroatoms. The van der Waals surface area contributed by atoms with Gasteiger partial charge in [0.15, 0.2) is 6.29 Å². The summed E-state index contributed by atoms with van der Waals surface area (Å²) in [7, 11) is 0. The number of urea groups is 1. The lowest BCUT2D eigenvalue weighted by Gasteiger charge is -2.22. The van der Waals surface area contributed by atoms with Crippen molar-refractivity contribution in [2.75, 3.05) is 13.2 Å². The third kappa shape index (κ3) is 2.95. The zero-order chi connectivity index (χ0) is 15.7. The number of aryl methyl sites for hydroxylation is 1. The van der Waals surface area contributed by atoms with Crippen LogP contribution in [0.1, 0.15) is 43.2 Å². The lowest BCUT2D eigenvalue weighted by atomic mass is 9.95. The maximum atomic E-state index is 11.9. The number of carbonyl (C=O) groups excluding carboxylic acids is 1. The molecule has 2 N–H and O–H groups in total. The maximum absolute atomic E-state index is 11.9. The Labute approximate surface area is 136 Å². The van der Waals surface area contributed by atoms with Crippen LogP contribution in [0.3, 0.4) is 0 Å². The Morgan fingerprint density at radius 1 is 1.35 bits per heavy atom. The predicted octanol–water partition coefficient (Wildman–Crippen LogP) is 2.65. The van der Waals surface area contributed by atoms with E-state index in [0.29, 0.717) is 24.5 Å². The van der Waals surface area contributed by atoms with Crippen LogP contribution < -0.4 is 10.8 Å². The van der Waals surface area contributed by atoms with Crippen LogP contribution in [0.4, 0.5) is 4.79 Å². The number of fused-ring (bicyclic) bond motifs is 2. The van der Waals surface area contributed by atoms with E-state index in [1.165, 1.54) is 30.4 Å². The largest absolute Gasteiger partial charge is 0.350 e. The van der Waals surface area contributed by atoms with E-state index < -0.39 is 0 Å². The van der Waals surface area contributed by atoms with Crippen LogP contribution in [0.25, 0.3) is 0 Å². The Hall–Kier alpha value is -1.59. The molecule has 4 rings (SSSR count). The van der Waals surface area contributed by atoms with Gasteiger partial charge in [0.2, 0.25) is 0 Å². The second-order valence-corrected chi connectivity index (χ2v) is 6.94. The van der Waals surface area contributed by atoms with Gasteiger partial charge in [-0.3, -0.25) is 0 Å². The van der Waals surface area contributed by atoms with E-state index in [4.69, 9.17) is 9.57 Å². The van der Waals surface area contributed by atoms with Gasteiger partial charge >= 0.3 is 6.03 Å². The van der Waals surface area contributed by atoms with E-state index in [-0.39, 0.29) is 12.3 Å². The van der Waals surface area contributed by atoms with E-state index in [2.05, 4.69) is 35.1 Å². The molecular formula is C18H24N2O3. The fraction of sp³-hybridized carbons (Fsp3) is 0.611. The van der Waals surface area contributed by atoms with Crippen LogP contribution >= 0.6 is 0 Å². The highest BCUT2D eigenvalue weighted by atomic mass is 16.8. The van der Waals surface area contributed by atoms with E-state index in [0.717, 1.165) is 19.3 Å². The molecule has 0 bridgehead atoms. The third-order valence-electron chi connectivity index (χ3n) is 5.56. The van der Waals surface area contributed by atoms with Crippen molar-refractivity contribution in [2.24, 2.45) is 5.92 Å². The highest BCUT2D eigenvalue weighted by Crippen LogP contribution is 2.61. The normalized spacial score (nSPS) is 31.7. The van der Waals surface area contributed by atoms with Crippen molar-refractivity contribution >= 4 is 6.03 Å². The molecule has 1 aromatic rings. The minimum atomic E-state index is -0.302. The zero-order valence-corrected chi connectivity index (χ0v) is 13.3. The number of rotatable bonds is 4. The molecular weight excluding hydrogens is 292 g/mol. The molecule has 5 nitrogen and oxygen atoms in total. The first-order chi connectivity index (χ1) is 11.3. The number of hydroxylamine groups is 1. The number of benzene rings is 1. The minimum Gasteiger partial charge on any atom is -0.350 e. The highest BCUT2D eigenvalue weighted by Gasteiger charge is 2.57. The van der Waals surface area contributed by atoms with Crippen molar-refractivity contribution in [1.82, 2.24) is 10.8 Å². The Morgan fingerprint density at radius 3 is 3.13 bits per heavy atom. The van der Waals surface area contributed by atoms with Crippen LogP contribution in [-0.2, 0) is 21.4 Å². The molecule has 0 radical (unpaired) electrons. The quantitative estimate of drug-likeness (QED) is 0.840. The molecule has 23 heavy (non-hydrogen) atoms. The molecule has 1 saturated heterocycles. The molecule has 1 spiro atoms. The summed E-state index contributed by atoms with van der Waals surface area (Å²) in [5, 5.41) is 2.94. The smallest absolute Gasteiger partial charge is 0.338 e. The molecule has 1 aromatic carbocycles. The van der Waals surface area contributed by atoms with Crippen LogP contribution in [0.5, 0.6) is 0 Å². The summed E-state index contributed by atoms with van der Waals surface area (Å²) < 4.78 is 5.42.